The molecule has 1 rings (SSSR count). The first kappa shape index (κ1) is 13.6. The summed E-state index contributed by atoms with van der Waals surface area (Å²) in [6, 6.07) is 1.79. The van der Waals surface area contributed by atoms with Gasteiger partial charge in [-0.2, -0.15) is 0 Å². The molecule has 16 heavy (non-hydrogen) atoms. The van der Waals surface area contributed by atoms with Crippen LogP contribution in [0, 0.1) is 11.6 Å². The Morgan fingerprint density at radius 2 is 2.00 bits per heavy atom. The van der Waals surface area contributed by atoms with Crippen molar-refractivity contribution in [1.82, 2.24) is 0 Å². The molecule has 2 nitrogen and oxygen atoms in total. The second kappa shape index (κ2) is 5.72. The second-order valence-corrected chi connectivity index (χ2v) is 5.93. The highest BCUT2D eigenvalue weighted by Crippen LogP contribution is 2.32. The van der Waals surface area contributed by atoms with Crippen LogP contribution in [0.2, 0.25) is 0 Å². The minimum Gasteiger partial charge on any atom is -0.462 e. The average Bonchev–Trinajstić information content (AvgIpc) is 2.20. The number of alkyl halides is 2. The highest BCUT2D eigenvalue weighted by Gasteiger charge is 2.19. The fourth-order valence-corrected chi connectivity index (χ4v) is 1.80. The fourth-order valence-electron chi connectivity index (χ4n) is 1.09. The van der Waals surface area contributed by atoms with E-state index in [2.05, 4.69) is 36.6 Å². The van der Waals surface area contributed by atoms with Crippen LogP contribution in [0.4, 0.5) is 8.78 Å². The minimum atomic E-state index is -0.869. The molecule has 1 aromatic rings. The van der Waals surface area contributed by atoms with Crippen molar-refractivity contribution in [3.8, 4) is 0 Å². The van der Waals surface area contributed by atoms with Crippen molar-refractivity contribution in [3.63, 3.8) is 0 Å². The Kier molecular flexibility index (Phi) is 4.86. The maximum atomic E-state index is 13.5. The Morgan fingerprint density at radius 3 is 2.50 bits per heavy atom. The van der Waals surface area contributed by atoms with E-state index >= 15 is 0 Å². The highest BCUT2D eigenvalue weighted by atomic mass is 79.9. The average molecular weight is 358 g/mol. The Morgan fingerprint density at radius 1 is 1.38 bits per heavy atom. The van der Waals surface area contributed by atoms with Crippen LogP contribution in [0.5, 0.6) is 0 Å². The Balaban J connectivity index is 3.15. The van der Waals surface area contributed by atoms with Crippen molar-refractivity contribution in [2.24, 2.45) is 0 Å². The lowest BCUT2D eigenvalue weighted by molar-refractivity contribution is 0.0520. The van der Waals surface area contributed by atoms with Gasteiger partial charge in [0.25, 0.3) is 0 Å². The fraction of sp³-hybridized carbons (Fsp3) is 0.300. The van der Waals surface area contributed by atoms with Gasteiger partial charge in [0.15, 0.2) is 0 Å². The summed E-state index contributed by atoms with van der Waals surface area (Å²) in [5, 5.41) is 0. The second-order valence-electron chi connectivity index (χ2n) is 2.87. The molecule has 6 heteroatoms. The molecule has 0 unspecified atom stereocenters. The van der Waals surface area contributed by atoms with E-state index in [9.17, 15) is 13.6 Å². The SMILES string of the molecule is CCOC(=O)c1cc(F)c(C(Br)Br)cc1F. The molecule has 0 saturated carbocycles. The summed E-state index contributed by atoms with van der Waals surface area (Å²) in [6.45, 7) is 1.70. The van der Waals surface area contributed by atoms with Crippen LogP contribution in [-0.4, -0.2) is 12.6 Å². The van der Waals surface area contributed by atoms with Crippen molar-refractivity contribution in [2.75, 3.05) is 6.61 Å². The summed E-state index contributed by atoms with van der Waals surface area (Å²) in [4.78, 5) is 11.2. The van der Waals surface area contributed by atoms with Crippen molar-refractivity contribution in [2.45, 2.75) is 10.7 Å². The summed E-state index contributed by atoms with van der Waals surface area (Å²) >= 11 is 6.11. The van der Waals surface area contributed by atoms with Crippen molar-refractivity contribution in [1.29, 1.82) is 0 Å². The van der Waals surface area contributed by atoms with Crippen molar-refractivity contribution in [3.05, 3.63) is 34.9 Å². The molecular formula is C10H8Br2F2O2. The molecule has 0 aliphatic carbocycles. The first-order chi connectivity index (χ1) is 7.47. The predicted molar refractivity (Wildman–Crippen MR) is 62.9 cm³/mol. The first-order valence-electron chi connectivity index (χ1n) is 4.41. The van der Waals surface area contributed by atoms with Gasteiger partial charge in [-0.25, -0.2) is 13.6 Å². The molecule has 0 amide bonds. The van der Waals surface area contributed by atoms with Gasteiger partial charge in [-0.05, 0) is 19.1 Å². The number of carbonyl (C=O) groups excluding carboxylic acids is 1. The Bertz CT molecular complexity index is 408. The van der Waals surface area contributed by atoms with E-state index in [-0.39, 0.29) is 12.2 Å². The van der Waals surface area contributed by atoms with Gasteiger partial charge in [0.2, 0.25) is 0 Å². The number of hydrogen-bond acceptors (Lipinski definition) is 2. The molecule has 0 bridgehead atoms. The number of carbonyl (C=O) groups is 1. The van der Waals surface area contributed by atoms with Gasteiger partial charge < -0.3 is 4.74 Å². The third-order valence-electron chi connectivity index (χ3n) is 1.82. The monoisotopic (exact) mass is 356 g/mol. The van der Waals surface area contributed by atoms with E-state index in [0.29, 0.717) is 0 Å². The zero-order valence-corrected chi connectivity index (χ0v) is 11.4. The summed E-state index contributed by atoms with van der Waals surface area (Å²) in [5.74, 6) is -2.35. The zero-order chi connectivity index (χ0) is 12.3. The van der Waals surface area contributed by atoms with E-state index in [1.165, 1.54) is 0 Å². The Hall–Kier alpha value is -0.490. The van der Waals surface area contributed by atoms with E-state index in [1.807, 2.05) is 0 Å². The van der Waals surface area contributed by atoms with Gasteiger partial charge in [0, 0.05) is 5.56 Å². The summed E-state index contributed by atoms with van der Waals surface area (Å²) in [6.07, 6.45) is 0. The van der Waals surface area contributed by atoms with Gasteiger partial charge in [0.05, 0.1) is 15.9 Å². The first-order valence-corrected chi connectivity index (χ1v) is 6.24. The molecule has 0 spiro atoms. The molecule has 0 aliphatic rings. The van der Waals surface area contributed by atoms with E-state index in [0.717, 1.165) is 12.1 Å². The number of halogens is 4. The maximum Gasteiger partial charge on any atom is 0.341 e. The number of ether oxygens (including phenoxy) is 1. The molecule has 0 atom stereocenters. The van der Waals surface area contributed by atoms with Crippen molar-refractivity contribution >= 4 is 37.8 Å². The number of hydrogen-bond donors (Lipinski definition) is 0. The highest BCUT2D eigenvalue weighted by molar-refractivity contribution is 9.24. The lowest BCUT2D eigenvalue weighted by Gasteiger charge is -2.08. The van der Waals surface area contributed by atoms with E-state index in [1.54, 1.807) is 6.92 Å². The standard InChI is InChI=1S/C10H8Br2F2O2/c1-2-16-10(15)6-4-7(13)5(9(11)12)3-8(6)14/h3-4,9H,2H2,1H3. The minimum absolute atomic E-state index is 0.0885. The van der Waals surface area contributed by atoms with Crippen molar-refractivity contribution < 1.29 is 18.3 Å². The smallest absolute Gasteiger partial charge is 0.341 e. The summed E-state index contributed by atoms with van der Waals surface area (Å²) in [5.41, 5.74) is -0.311. The molecule has 0 fully saturated rings. The zero-order valence-electron chi connectivity index (χ0n) is 8.27. The topological polar surface area (TPSA) is 26.3 Å². The Labute approximate surface area is 108 Å². The van der Waals surface area contributed by atoms with Crippen LogP contribution in [0.1, 0.15) is 26.6 Å². The molecule has 1 aromatic carbocycles. The maximum absolute atomic E-state index is 13.5. The van der Waals surface area contributed by atoms with Crippen LogP contribution < -0.4 is 0 Å². The molecule has 88 valence electrons. The predicted octanol–water partition coefficient (Wildman–Crippen LogP) is 3.93. The van der Waals surface area contributed by atoms with Crippen LogP contribution in [0.3, 0.4) is 0 Å². The van der Waals surface area contributed by atoms with Gasteiger partial charge in [0.1, 0.15) is 11.6 Å². The van der Waals surface area contributed by atoms with Crippen LogP contribution in [0.15, 0.2) is 12.1 Å². The molecular weight excluding hydrogens is 350 g/mol. The molecule has 0 N–H and O–H groups in total. The van der Waals surface area contributed by atoms with Crippen LogP contribution in [-0.2, 0) is 4.74 Å². The molecule has 0 aromatic heterocycles. The molecule has 0 heterocycles. The van der Waals surface area contributed by atoms with Gasteiger partial charge in [-0.1, -0.05) is 31.9 Å². The molecule has 0 aliphatic heterocycles. The van der Waals surface area contributed by atoms with Gasteiger partial charge >= 0.3 is 5.97 Å². The molecule has 0 saturated heterocycles. The van der Waals surface area contributed by atoms with E-state index < -0.39 is 26.9 Å². The quantitative estimate of drug-likeness (QED) is 0.605. The van der Waals surface area contributed by atoms with Gasteiger partial charge in [-0.3, -0.25) is 0 Å². The van der Waals surface area contributed by atoms with E-state index in [4.69, 9.17) is 0 Å². The number of esters is 1. The van der Waals surface area contributed by atoms with Gasteiger partial charge in [-0.15, -0.1) is 0 Å². The number of benzene rings is 1. The largest absolute Gasteiger partial charge is 0.462 e. The van der Waals surface area contributed by atoms with Crippen LogP contribution in [0.25, 0.3) is 0 Å². The summed E-state index contributed by atoms with van der Waals surface area (Å²) in [7, 11) is 0. The summed E-state index contributed by atoms with van der Waals surface area (Å²) < 4.78 is 31.0. The lowest BCUT2D eigenvalue weighted by atomic mass is 10.1. The number of rotatable bonds is 3. The lowest BCUT2D eigenvalue weighted by Crippen LogP contribution is -2.09. The van der Waals surface area contributed by atoms with Crippen LogP contribution >= 0.6 is 31.9 Å². The normalized spacial score (nSPS) is 10.6. The molecule has 0 radical (unpaired) electrons. The third-order valence-corrected chi connectivity index (χ3v) is 2.80. The third kappa shape index (κ3) is 3.01.